The Bertz CT molecular complexity index is 3290. The molecule has 20 nitrogen and oxygen atoms in total. The van der Waals surface area contributed by atoms with Gasteiger partial charge in [0.05, 0.1) is 23.3 Å². The molecular weight excluding hydrogens is 1040 g/mol. The maximum atomic E-state index is 14.2. The summed E-state index contributed by atoms with van der Waals surface area (Å²) in [6.07, 6.45) is 4.95. The number of nitrogens with two attached hydrogens (primary N) is 1. The Morgan fingerprint density at radius 2 is 1.45 bits per heavy atom. The minimum atomic E-state index is -1.02. The number of aromatic hydroxyl groups is 2. The van der Waals surface area contributed by atoms with Gasteiger partial charge in [-0.15, -0.1) is 0 Å². The predicted octanol–water partition coefficient (Wildman–Crippen LogP) is 7.11. The standard InChI is InChI=1S/C61H71BN10O10/c1-10-66-58(78)54(64)72(53(63)47-34-46(38(4)5)50(73)35-51(47)74)43-22-26-45(27-23-43)80-44-24-18-40(19-25-44)55(75)68-30-31-71(9)59(79)41-16-20-42(21-17-41)61(8)60(6,7)81-62(82-61)52(32-37(2)3)70-56(76)48(33-39-14-12-11-13-15-39)69-57(77)49-36-65-28-29-67-49/h11-29,34-38,48,52,64H,10,30-33H2,1-9H3,(H7,63,66,68,69,70,73,74,75,76,77,78)/p+1/t48-,52?,61?/m0/s1. The number of phenolic OH excluding ortho intramolecular Hbond substituents is 2. The van der Waals surface area contributed by atoms with Crippen LogP contribution in [0.1, 0.15) is 121 Å². The van der Waals surface area contributed by atoms with Crippen LogP contribution in [0.5, 0.6) is 23.0 Å². The number of carbonyl (C=O) groups excluding carboxylic acids is 5. The van der Waals surface area contributed by atoms with Gasteiger partial charge in [-0.1, -0.05) is 70.2 Å². The third kappa shape index (κ3) is 14.5. The van der Waals surface area contributed by atoms with Gasteiger partial charge in [0.1, 0.15) is 46.0 Å². The molecule has 0 aliphatic carbocycles. The molecule has 1 fully saturated rings. The molecule has 5 aromatic carbocycles. The second kappa shape index (κ2) is 26.6. The highest BCUT2D eigenvalue weighted by Crippen LogP contribution is 2.46. The van der Waals surface area contributed by atoms with E-state index >= 15 is 0 Å². The highest BCUT2D eigenvalue weighted by Gasteiger charge is 2.57. The minimum Gasteiger partial charge on any atom is -0.508 e. The normalized spacial score (nSPS) is 15.7. The van der Waals surface area contributed by atoms with E-state index in [0.29, 0.717) is 40.3 Å². The van der Waals surface area contributed by atoms with Crippen LogP contribution < -0.4 is 31.7 Å². The molecule has 1 saturated heterocycles. The summed E-state index contributed by atoms with van der Waals surface area (Å²) in [5.41, 5.74) is 7.75. The monoisotopic (exact) mass is 1120 g/mol. The molecule has 21 heteroatoms. The van der Waals surface area contributed by atoms with Gasteiger partial charge in [0.15, 0.2) is 0 Å². The Morgan fingerprint density at radius 3 is 2.06 bits per heavy atom. The van der Waals surface area contributed by atoms with Crippen molar-refractivity contribution in [2.75, 3.05) is 26.7 Å². The van der Waals surface area contributed by atoms with Gasteiger partial charge >= 0.3 is 13.0 Å². The number of benzene rings is 5. The zero-order chi connectivity index (χ0) is 59.5. The number of nitrogens with zero attached hydrogens (tertiary/aromatic N) is 4. The van der Waals surface area contributed by atoms with E-state index in [4.69, 9.17) is 25.2 Å². The fourth-order valence-corrected chi connectivity index (χ4v) is 9.39. The highest BCUT2D eigenvalue weighted by molar-refractivity contribution is 6.48. The number of phenols is 2. The van der Waals surface area contributed by atoms with E-state index in [0.717, 1.165) is 17.2 Å². The van der Waals surface area contributed by atoms with Crippen LogP contribution in [0.4, 0.5) is 5.69 Å². The summed E-state index contributed by atoms with van der Waals surface area (Å²) in [5.74, 6) is -3.08. The summed E-state index contributed by atoms with van der Waals surface area (Å²) >= 11 is 0. The second-order valence-corrected chi connectivity index (χ2v) is 21.4. The summed E-state index contributed by atoms with van der Waals surface area (Å²) in [4.78, 5) is 76.9. The maximum Gasteiger partial charge on any atom is 0.482 e. The van der Waals surface area contributed by atoms with E-state index in [2.05, 4.69) is 31.2 Å². The summed E-state index contributed by atoms with van der Waals surface area (Å²) in [6.45, 7) is 15.9. The predicted molar refractivity (Wildman–Crippen MR) is 311 cm³/mol. The fraction of sp³-hybridized carbons (Fsp3) is 0.328. The Kier molecular flexibility index (Phi) is 19.7. The van der Waals surface area contributed by atoms with Crippen LogP contribution in [-0.4, -0.2) is 122 Å². The van der Waals surface area contributed by atoms with Gasteiger partial charge < -0.3 is 56.2 Å². The maximum absolute atomic E-state index is 14.2. The molecule has 82 heavy (non-hydrogen) atoms. The quantitative estimate of drug-likeness (QED) is 0.0155. The van der Waals surface area contributed by atoms with E-state index in [1.165, 1.54) is 34.1 Å². The van der Waals surface area contributed by atoms with Crippen LogP contribution in [-0.2, 0) is 30.9 Å². The largest absolute Gasteiger partial charge is 0.508 e. The van der Waals surface area contributed by atoms with Crippen LogP contribution >= 0.6 is 0 Å². The van der Waals surface area contributed by atoms with Crippen molar-refractivity contribution in [1.29, 1.82) is 5.41 Å². The molecule has 0 spiro atoms. The second-order valence-electron chi connectivity index (χ2n) is 21.4. The fourth-order valence-electron chi connectivity index (χ4n) is 9.39. The van der Waals surface area contributed by atoms with Crippen LogP contribution in [0.15, 0.2) is 134 Å². The molecule has 9 N–H and O–H groups in total. The van der Waals surface area contributed by atoms with E-state index in [-0.39, 0.29) is 84.1 Å². The van der Waals surface area contributed by atoms with E-state index in [1.54, 1.807) is 74.6 Å². The summed E-state index contributed by atoms with van der Waals surface area (Å²) in [5, 5.41) is 41.8. The lowest BCUT2D eigenvalue weighted by Gasteiger charge is -2.37. The molecule has 1 aromatic heterocycles. The molecule has 3 atom stereocenters. The van der Waals surface area contributed by atoms with Crippen molar-refractivity contribution < 1.29 is 52.8 Å². The van der Waals surface area contributed by atoms with E-state index in [1.807, 2.05) is 90.9 Å². The third-order valence-electron chi connectivity index (χ3n) is 14.3. The van der Waals surface area contributed by atoms with Gasteiger partial charge in [0.25, 0.3) is 29.4 Å². The van der Waals surface area contributed by atoms with Crippen LogP contribution in [0, 0.1) is 11.3 Å². The molecule has 5 amide bonds. The number of likely N-dealkylation sites (N-methyl/N-ethyl adjacent to an activating group) is 2. The first kappa shape index (κ1) is 60.7. The summed E-state index contributed by atoms with van der Waals surface area (Å²) in [7, 11) is 0.781. The number of nitrogens with one attached hydrogen (secondary N) is 5. The summed E-state index contributed by atoms with van der Waals surface area (Å²) < 4.78 is 20.7. The molecule has 2 unspecified atom stereocenters. The smallest absolute Gasteiger partial charge is 0.482 e. The van der Waals surface area contributed by atoms with Gasteiger partial charge in [-0.3, -0.25) is 29.0 Å². The minimum absolute atomic E-state index is 0.0524. The molecule has 0 radical (unpaired) electrons. The molecule has 428 valence electrons. The first-order valence-electron chi connectivity index (χ1n) is 27.1. The molecule has 6 aromatic rings. The Morgan fingerprint density at radius 1 is 0.805 bits per heavy atom. The molecule has 7 rings (SSSR count). The number of hydrogen-bond acceptors (Lipinski definition) is 13. The molecule has 1 aliphatic heterocycles. The average Bonchev–Trinajstić information content (AvgIpc) is 3.85. The number of amidine groups is 2. The molecule has 0 saturated carbocycles. The van der Waals surface area contributed by atoms with Gasteiger partial charge in [-0.05, 0) is 129 Å². The van der Waals surface area contributed by atoms with Crippen molar-refractivity contribution in [3.8, 4) is 23.0 Å². The van der Waals surface area contributed by atoms with Crippen molar-refractivity contribution in [2.24, 2.45) is 11.7 Å². The highest BCUT2D eigenvalue weighted by atomic mass is 16.7. The van der Waals surface area contributed by atoms with Crippen molar-refractivity contribution in [2.45, 2.75) is 97.3 Å². The Hall–Kier alpha value is -8.95. The first-order chi connectivity index (χ1) is 39.0. The van der Waals surface area contributed by atoms with Crippen molar-refractivity contribution in [1.82, 2.24) is 36.1 Å². The average molecular weight is 1120 g/mol. The van der Waals surface area contributed by atoms with Crippen LogP contribution in [0.2, 0.25) is 0 Å². The lowest BCUT2D eigenvalue weighted by atomic mass is 9.73. The number of ether oxygens (including phenoxy) is 1. The van der Waals surface area contributed by atoms with E-state index in [9.17, 15) is 34.2 Å². The van der Waals surface area contributed by atoms with Gasteiger partial charge in [0, 0.05) is 62.7 Å². The number of hydrogen-bond donors (Lipinski definition) is 8. The van der Waals surface area contributed by atoms with Gasteiger partial charge in [-0.25, -0.2) is 4.98 Å². The topological polar surface area (TPSA) is 284 Å². The van der Waals surface area contributed by atoms with E-state index < -0.39 is 48.0 Å². The van der Waals surface area contributed by atoms with Crippen LogP contribution in [0.3, 0.4) is 0 Å². The Balaban J connectivity index is 0.938. The zero-order valence-electron chi connectivity index (χ0n) is 47.7. The van der Waals surface area contributed by atoms with Crippen LogP contribution in [0.25, 0.3) is 0 Å². The zero-order valence-corrected chi connectivity index (χ0v) is 47.7. The SMILES string of the molecule is CCNC(=O)C(N)=[N+](C(=N)c1cc(C(C)C)c(O)cc1O)c1ccc(Oc2ccc(C(=O)NCCN(C)C(=O)c3ccc(C4(C)OB(C(CC(C)C)NC(=O)[C@H](Cc5ccccc5)NC(=O)c5cnccn5)OC4(C)C)cc3)cc2)cc1. The lowest BCUT2D eigenvalue weighted by molar-refractivity contribution is -0.307. The molecule has 2 heterocycles. The number of rotatable bonds is 21. The Labute approximate surface area is 478 Å². The number of amides is 5. The van der Waals surface area contributed by atoms with Crippen molar-refractivity contribution in [3.63, 3.8) is 0 Å². The lowest BCUT2D eigenvalue weighted by Crippen LogP contribution is -2.55. The third-order valence-corrected chi connectivity index (χ3v) is 14.3. The van der Waals surface area contributed by atoms with Gasteiger partial charge in [-0.2, -0.15) is 9.98 Å². The number of carbonyl (C=O) groups is 5. The molecule has 1 aliphatic rings. The van der Waals surface area contributed by atoms with Crippen molar-refractivity contribution in [3.05, 3.63) is 173 Å². The molecule has 0 bridgehead atoms. The molecular formula is C61H72BN10O10+. The van der Waals surface area contributed by atoms with Gasteiger partial charge in [0.2, 0.25) is 5.91 Å². The first-order valence-corrected chi connectivity index (χ1v) is 27.1. The summed E-state index contributed by atoms with van der Waals surface area (Å²) in [6, 6.07) is 31.1. The van der Waals surface area contributed by atoms with Crippen molar-refractivity contribution >= 4 is 54.0 Å². The number of aromatic nitrogens is 2.